The minimum absolute atomic E-state index is 0.673. The van der Waals surface area contributed by atoms with Gasteiger partial charge in [0.05, 0.1) is 0 Å². The standard InChI is InChI=1S/C13H22N2S/c1-14-8-4-9-15(2)12-5-3-6-13-11(12)7-10-16-13/h7,10,12,14H,3-6,8-9H2,1-2H3. The quantitative estimate of drug-likeness (QED) is 0.793. The SMILES string of the molecule is CNCCCN(C)C1CCCc2sccc21. The third-order valence-corrected chi connectivity index (χ3v) is 4.49. The highest BCUT2D eigenvalue weighted by atomic mass is 32.1. The summed E-state index contributed by atoms with van der Waals surface area (Å²) in [6.45, 7) is 2.31. The molecule has 1 aliphatic rings. The van der Waals surface area contributed by atoms with Gasteiger partial charge < -0.3 is 5.32 Å². The van der Waals surface area contributed by atoms with Gasteiger partial charge in [-0.3, -0.25) is 4.90 Å². The van der Waals surface area contributed by atoms with Crippen LogP contribution in [0, 0.1) is 0 Å². The molecule has 0 saturated carbocycles. The number of thiophene rings is 1. The van der Waals surface area contributed by atoms with Crippen molar-refractivity contribution < 1.29 is 0 Å². The Bertz CT molecular complexity index is 321. The molecule has 0 spiro atoms. The van der Waals surface area contributed by atoms with Gasteiger partial charge in [-0.05, 0) is 69.9 Å². The van der Waals surface area contributed by atoms with E-state index in [-0.39, 0.29) is 0 Å². The molecule has 0 bridgehead atoms. The topological polar surface area (TPSA) is 15.3 Å². The molecule has 16 heavy (non-hydrogen) atoms. The van der Waals surface area contributed by atoms with E-state index in [4.69, 9.17) is 0 Å². The molecule has 1 aromatic rings. The molecule has 1 heterocycles. The number of fused-ring (bicyclic) bond motifs is 1. The second-order valence-electron chi connectivity index (χ2n) is 4.64. The van der Waals surface area contributed by atoms with Crippen LogP contribution in [0.1, 0.15) is 35.7 Å². The van der Waals surface area contributed by atoms with Crippen molar-refractivity contribution in [3.8, 4) is 0 Å². The van der Waals surface area contributed by atoms with E-state index in [1.807, 2.05) is 18.4 Å². The molecule has 1 unspecified atom stereocenters. The highest BCUT2D eigenvalue weighted by Crippen LogP contribution is 2.36. The first kappa shape index (κ1) is 12.1. The van der Waals surface area contributed by atoms with Crippen molar-refractivity contribution in [2.24, 2.45) is 0 Å². The highest BCUT2D eigenvalue weighted by Gasteiger charge is 2.23. The Morgan fingerprint density at radius 1 is 1.56 bits per heavy atom. The number of hydrogen-bond donors (Lipinski definition) is 1. The van der Waals surface area contributed by atoms with Gasteiger partial charge in [0.25, 0.3) is 0 Å². The molecule has 1 N–H and O–H groups in total. The number of nitrogens with one attached hydrogen (secondary N) is 1. The van der Waals surface area contributed by atoms with Crippen LogP contribution in [0.4, 0.5) is 0 Å². The van der Waals surface area contributed by atoms with Gasteiger partial charge in [0.15, 0.2) is 0 Å². The van der Waals surface area contributed by atoms with E-state index < -0.39 is 0 Å². The van der Waals surface area contributed by atoms with Crippen LogP contribution in [0.15, 0.2) is 11.4 Å². The summed E-state index contributed by atoms with van der Waals surface area (Å²) in [5.74, 6) is 0. The summed E-state index contributed by atoms with van der Waals surface area (Å²) in [6, 6.07) is 3.00. The normalized spacial score (nSPS) is 20.1. The zero-order chi connectivity index (χ0) is 11.4. The van der Waals surface area contributed by atoms with E-state index in [0.717, 1.165) is 6.54 Å². The molecule has 2 rings (SSSR count). The minimum Gasteiger partial charge on any atom is -0.320 e. The number of rotatable bonds is 5. The first-order chi connectivity index (χ1) is 7.83. The monoisotopic (exact) mass is 238 g/mol. The zero-order valence-electron chi connectivity index (χ0n) is 10.3. The first-order valence-corrected chi connectivity index (χ1v) is 7.12. The molecule has 3 heteroatoms. The third-order valence-electron chi connectivity index (χ3n) is 3.49. The Kier molecular flexibility index (Phi) is 4.38. The van der Waals surface area contributed by atoms with Crippen molar-refractivity contribution in [2.75, 3.05) is 27.2 Å². The summed E-state index contributed by atoms with van der Waals surface area (Å²) >= 11 is 1.94. The smallest absolute Gasteiger partial charge is 0.0356 e. The summed E-state index contributed by atoms with van der Waals surface area (Å²) in [7, 11) is 4.30. The van der Waals surface area contributed by atoms with Gasteiger partial charge in [0.1, 0.15) is 0 Å². The Balaban J connectivity index is 1.95. The van der Waals surface area contributed by atoms with Crippen molar-refractivity contribution in [3.63, 3.8) is 0 Å². The van der Waals surface area contributed by atoms with Crippen LogP contribution >= 0.6 is 11.3 Å². The van der Waals surface area contributed by atoms with Gasteiger partial charge >= 0.3 is 0 Å². The first-order valence-electron chi connectivity index (χ1n) is 6.24. The van der Waals surface area contributed by atoms with Crippen molar-refractivity contribution in [3.05, 3.63) is 21.9 Å². The maximum absolute atomic E-state index is 3.22. The lowest BCUT2D eigenvalue weighted by Crippen LogP contribution is -2.29. The van der Waals surface area contributed by atoms with E-state index in [2.05, 4.69) is 28.7 Å². The van der Waals surface area contributed by atoms with Crippen LogP contribution < -0.4 is 5.32 Å². The maximum atomic E-state index is 3.22. The van der Waals surface area contributed by atoms with E-state index in [1.165, 1.54) is 32.2 Å². The molecule has 1 aliphatic carbocycles. The molecule has 1 aromatic heterocycles. The Morgan fingerprint density at radius 3 is 3.25 bits per heavy atom. The van der Waals surface area contributed by atoms with Crippen molar-refractivity contribution >= 4 is 11.3 Å². The zero-order valence-corrected chi connectivity index (χ0v) is 11.1. The minimum atomic E-state index is 0.673. The molecule has 0 fully saturated rings. The summed E-state index contributed by atoms with van der Waals surface area (Å²) in [6.07, 6.45) is 5.23. The second-order valence-corrected chi connectivity index (χ2v) is 5.65. The van der Waals surface area contributed by atoms with Crippen molar-refractivity contribution in [2.45, 2.75) is 31.7 Å². The molecular formula is C13H22N2S. The molecule has 0 aromatic carbocycles. The van der Waals surface area contributed by atoms with Crippen molar-refractivity contribution in [1.82, 2.24) is 10.2 Å². The van der Waals surface area contributed by atoms with Crippen LogP contribution in [-0.4, -0.2) is 32.1 Å². The average molecular weight is 238 g/mol. The summed E-state index contributed by atoms with van der Waals surface area (Å²) in [5.41, 5.74) is 1.60. The van der Waals surface area contributed by atoms with Gasteiger partial charge in [0, 0.05) is 10.9 Å². The summed E-state index contributed by atoms with van der Waals surface area (Å²) in [5, 5.41) is 5.47. The lowest BCUT2D eigenvalue weighted by atomic mass is 9.93. The van der Waals surface area contributed by atoms with Crippen LogP contribution in [0.3, 0.4) is 0 Å². The van der Waals surface area contributed by atoms with Crippen molar-refractivity contribution in [1.29, 1.82) is 0 Å². The molecule has 90 valence electrons. The van der Waals surface area contributed by atoms with Gasteiger partial charge in [-0.1, -0.05) is 0 Å². The maximum Gasteiger partial charge on any atom is 0.0356 e. The third kappa shape index (κ3) is 2.65. The van der Waals surface area contributed by atoms with Crippen LogP contribution in [0.2, 0.25) is 0 Å². The fraction of sp³-hybridized carbons (Fsp3) is 0.692. The van der Waals surface area contributed by atoms with Gasteiger partial charge in [-0.25, -0.2) is 0 Å². The molecule has 0 saturated heterocycles. The van der Waals surface area contributed by atoms with Crippen LogP contribution in [0.5, 0.6) is 0 Å². The summed E-state index contributed by atoms with van der Waals surface area (Å²) in [4.78, 5) is 4.15. The lowest BCUT2D eigenvalue weighted by molar-refractivity contribution is 0.220. The Labute approximate surface area is 103 Å². The van der Waals surface area contributed by atoms with E-state index in [0.29, 0.717) is 6.04 Å². The fourth-order valence-electron chi connectivity index (χ4n) is 2.58. The van der Waals surface area contributed by atoms with Gasteiger partial charge in [-0.2, -0.15) is 0 Å². The molecule has 0 amide bonds. The number of aryl methyl sites for hydroxylation is 1. The van der Waals surface area contributed by atoms with E-state index >= 15 is 0 Å². The fourth-order valence-corrected chi connectivity index (χ4v) is 3.56. The molecular weight excluding hydrogens is 216 g/mol. The lowest BCUT2D eigenvalue weighted by Gasteiger charge is -2.31. The highest BCUT2D eigenvalue weighted by molar-refractivity contribution is 7.10. The molecule has 1 atom stereocenters. The van der Waals surface area contributed by atoms with E-state index in [1.54, 1.807) is 10.4 Å². The second kappa shape index (κ2) is 5.80. The van der Waals surface area contributed by atoms with Crippen LogP contribution in [-0.2, 0) is 6.42 Å². The van der Waals surface area contributed by atoms with Gasteiger partial charge in [0.2, 0.25) is 0 Å². The Hall–Kier alpha value is -0.380. The number of nitrogens with zero attached hydrogens (tertiary/aromatic N) is 1. The van der Waals surface area contributed by atoms with Crippen LogP contribution in [0.25, 0.3) is 0 Å². The Morgan fingerprint density at radius 2 is 2.44 bits per heavy atom. The predicted molar refractivity (Wildman–Crippen MR) is 71.2 cm³/mol. The number of hydrogen-bond acceptors (Lipinski definition) is 3. The van der Waals surface area contributed by atoms with Gasteiger partial charge in [-0.15, -0.1) is 11.3 Å². The molecule has 0 aliphatic heterocycles. The predicted octanol–water partition coefficient (Wildman–Crippen LogP) is 2.67. The van der Waals surface area contributed by atoms with E-state index in [9.17, 15) is 0 Å². The largest absolute Gasteiger partial charge is 0.320 e. The summed E-state index contributed by atoms with van der Waals surface area (Å²) < 4.78 is 0. The molecule has 0 radical (unpaired) electrons. The molecule has 2 nitrogen and oxygen atoms in total. The average Bonchev–Trinajstić information content (AvgIpc) is 2.76.